The Bertz CT molecular complexity index is 580. The maximum atomic E-state index is 4.56. The van der Waals surface area contributed by atoms with E-state index in [1.54, 1.807) is 0 Å². The number of rotatable bonds is 3. The number of nitrogens with zero attached hydrogens (tertiary/aromatic N) is 1. The van der Waals surface area contributed by atoms with Gasteiger partial charge in [0.1, 0.15) is 5.82 Å². The van der Waals surface area contributed by atoms with Crippen molar-refractivity contribution in [2.24, 2.45) is 5.92 Å². The van der Waals surface area contributed by atoms with Crippen molar-refractivity contribution in [2.45, 2.75) is 33.1 Å². The minimum absolute atomic E-state index is 0.773. The second-order valence-corrected chi connectivity index (χ2v) is 5.94. The first-order valence-electron chi connectivity index (χ1n) is 7.54. The van der Waals surface area contributed by atoms with Crippen LogP contribution in [-0.2, 0) is 6.42 Å². The summed E-state index contributed by atoms with van der Waals surface area (Å²) in [7, 11) is 0. The van der Waals surface area contributed by atoms with Crippen LogP contribution >= 0.6 is 0 Å². The molecule has 0 unspecified atom stereocenters. The fourth-order valence-corrected chi connectivity index (χ4v) is 2.88. The van der Waals surface area contributed by atoms with Crippen molar-refractivity contribution in [3.63, 3.8) is 0 Å². The third kappa shape index (κ3) is 2.93. The lowest BCUT2D eigenvalue weighted by Crippen LogP contribution is -2.28. The van der Waals surface area contributed by atoms with Crippen molar-refractivity contribution in [1.82, 2.24) is 15.3 Å². The molecule has 20 heavy (non-hydrogen) atoms. The van der Waals surface area contributed by atoms with Gasteiger partial charge in [-0.1, -0.05) is 12.1 Å². The molecule has 3 heteroatoms. The maximum Gasteiger partial charge on any atom is 0.106 e. The third-order valence-electron chi connectivity index (χ3n) is 4.39. The van der Waals surface area contributed by atoms with Crippen LogP contribution < -0.4 is 5.32 Å². The Morgan fingerprint density at radius 2 is 1.95 bits per heavy atom. The van der Waals surface area contributed by atoms with Crippen LogP contribution in [0.2, 0.25) is 0 Å². The molecule has 1 fully saturated rings. The molecule has 1 aromatic heterocycles. The zero-order valence-electron chi connectivity index (χ0n) is 12.4. The Kier molecular flexibility index (Phi) is 3.88. The molecule has 3 rings (SSSR count). The van der Waals surface area contributed by atoms with Gasteiger partial charge in [0, 0.05) is 6.42 Å². The Hall–Kier alpha value is -1.61. The van der Waals surface area contributed by atoms with Crippen LogP contribution in [0.4, 0.5) is 0 Å². The molecule has 3 nitrogen and oxygen atoms in total. The zero-order valence-corrected chi connectivity index (χ0v) is 12.4. The van der Waals surface area contributed by atoms with Crippen LogP contribution in [0.15, 0.2) is 24.4 Å². The molecule has 0 amide bonds. The van der Waals surface area contributed by atoms with Crippen molar-refractivity contribution < 1.29 is 0 Å². The molecule has 2 heterocycles. The van der Waals surface area contributed by atoms with Gasteiger partial charge in [0.2, 0.25) is 0 Å². The summed E-state index contributed by atoms with van der Waals surface area (Å²) < 4.78 is 0. The lowest BCUT2D eigenvalue weighted by molar-refractivity contribution is 0.368. The number of H-pyrrole nitrogens is 1. The molecule has 0 saturated carbocycles. The minimum atomic E-state index is 0.773. The molecule has 1 aromatic carbocycles. The third-order valence-corrected chi connectivity index (χ3v) is 4.39. The molecule has 0 aliphatic carbocycles. The highest BCUT2D eigenvalue weighted by molar-refractivity contribution is 5.60. The molecule has 1 aliphatic rings. The number of nitrogens with one attached hydrogen (secondary N) is 2. The molecule has 0 spiro atoms. The molecule has 0 atom stereocenters. The van der Waals surface area contributed by atoms with Gasteiger partial charge in [-0.25, -0.2) is 4.98 Å². The van der Waals surface area contributed by atoms with E-state index in [1.165, 1.54) is 29.5 Å². The van der Waals surface area contributed by atoms with E-state index in [0.717, 1.165) is 36.9 Å². The quantitative estimate of drug-likeness (QED) is 0.898. The average Bonchev–Trinajstić information content (AvgIpc) is 2.91. The van der Waals surface area contributed by atoms with Gasteiger partial charge in [-0.05, 0) is 68.5 Å². The molecule has 1 aliphatic heterocycles. The summed E-state index contributed by atoms with van der Waals surface area (Å²) in [6.45, 7) is 6.60. The second-order valence-electron chi connectivity index (χ2n) is 5.94. The number of hydrogen-bond donors (Lipinski definition) is 2. The maximum absolute atomic E-state index is 4.56. The van der Waals surface area contributed by atoms with Gasteiger partial charge in [0.05, 0.1) is 11.9 Å². The number of imidazole rings is 1. The Balaban J connectivity index is 1.73. The summed E-state index contributed by atoms with van der Waals surface area (Å²) in [5.41, 5.74) is 5.04. The molecule has 2 aromatic rings. The second kappa shape index (κ2) is 5.80. The fourth-order valence-electron chi connectivity index (χ4n) is 2.88. The van der Waals surface area contributed by atoms with Crippen LogP contribution in [0.25, 0.3) is 11.3 Å². The monoisotopic (exact) mass is 269 g/mol. The number of aromatic amines is 1. The molecule has 2 N–H and O–H groups in total. The van der Waals surface area contributed by atoms with Crippen molar-refractivity contribution >= 4 is 0 Å². The minimum Gasteiger partial charge on any atom is -0.342 e. The van der Waals surface area contributed by atoms with Crippen LogP contribution in [0.3, 0.4) is 0 Å². The molecule has 1 saturated heterocycles. The number of benzene rings is 1. The van der Waals surface area contributed by atoms with E-state index in [2.05, 4.69) is 47.3 Å². The van der Waals surface area contributed by atoms with Gasteiger partial charge in [-0.2, -0.15) is 0 Å². The number of aryl methyl sites for hydroxylation is 2. The Morgan fingerprint density at radius 3 is 2.70 bits per heavy atom. The molecule has 0 radical (unpaired) electrons. The van der Waals surface area contributed by atoms with E-state index in [9.17, 15) is 0 Å². The summed E-state index contributed by atoms with van der Waals surface area (Å²) in [4.78, 5) is 8.05. The van der Waals surface area contributed by atoms with E-state index >= 15 is 0 Å². The SMILES string of the molecule is Cc1ccc(-c2cnc(CC3CCNCC3)[nH]2)cc1C. The molecule has 106 valence electrons. The highest BCUT2D eigenvalue weighted by Crippen LogP contribution is 2.22. The number of hydrogen-bond acceptors (Lipinski definition) is 2. The van der Waals surface area contributed by atoms with Gasteiger partial charge >= 0.3 is 0 Å². The first kappa shape index (κ1) is 13.4. The molecular formula is C17H23N3. The fraction of sp³-hybridized carbons (Fsp3) is 0.471. The van der Waals surface area contributed by atoms with E-state index in [1.807, 2.05) is 6.20 Å². The van der Waals surface area contributed by atoms with E-state index in [4.69, 9.17) is 0 Å². The van der Waals surface area contributed by atoms with Crippen molar-refractivity contribution in [2.75, 3.05) is 13.1 Å². The standard InChI is InChI=1S/C17H23N3/c1-12-3-4-15(9-13(12)2)16-11-19-17(20-16)10-14-5-7-18-8-6-14/h3-4,9,11,14,18H,5-8,10H2,1-2H3,(H,19,20). The van der Waals surface area contributed by atoms with E-state index in [-0.39, 0.29) is 0 Å². The smallest absolute Gasteiger partial charge is 0.106 e. The van der Waals surface area contributed by atoms with E-state index < -0.39 is 0 Å². The van der Waals surface area contributed by atoms with Crippen LogP contribution in [0.5, 0.6) is 0 Å². The highest BCUT2D eigenvalue weighted by atomic mass is 14.9. The predicted molar refractivity (Wildman–Crippen MR) is 82.8 cm³/mol. The van der Waals surface area contributed by atoms with Crippen LogP contribution in [0.1, 0.15) is 29.8 Å². The summed E-state index contributed by atoms with van der Waals surface area (Å²) in [6.07, 6.45) is 5.58. The summed E-state index contributed by atoms with van der Waals surface area (Å²) >= 11 is 0. The average molecular weight is 269 g/mol. The molecule has 0 bridgehead atoms. The number of piperidine rings is 1. The number of aromatic nitrogens is 2. The van der Waals surface area contributed by atoms with Gasteiger partial charge in [0.15, 0.2) is 0 Å². The summed E-state index contributed by atoms with van der Waals surface area (Å²) in [6, 6.07) is 6.58. The lowest BCUT2D eigenvalue weighted by atomic mass is 9.94. The molecular weight excluding hydrogens is 246 g/mol. The first-order chi connectivity index (χ1) is 9.72. The van der Waals surface area contributed by atoms with Crippen molar-refractivity contribution in [3.05, 3.63) is 41.3 Å². The van der Waals surface area contributed by atoms with Gasteiger partial charge in [0.25, 0.3) is 0 Å². The first-order valence-corrected chi connectivity index (χ1v) is 7.54. The topological polar surface area (TPSA) is 40.7 Å². The zero-order chi connectivity index (χ0) is 13.9. The van der Waals surface area contributed by atoms with Crippen molar-refractivity contribution in [1.29, 1.82) is 0 Å². The van der Waals surface area contributed by atoms with E-state index in [0.29, 0.717) is 0 Å². The van der Waals surface area contributed by atoms with Gasteiger partial charge < -0.3 is 10.3 Å². The summed E-state index contributed by atoms with van der Waals surface area (Å²) in [5.74, 6) is 1.90. The van der Waals surface area contributed by atoms with Crippen LogP contribution in [-0.4, -0.2) is 23.1 Å². The largest absolute Gasteiger partial charge is 0.342 e. The predicted octanol–water partition coefficient (Wildman–Crippen LogP) is 3.24. The van der Waals surface area contributed by atoms with Gasteiger partial charge in [-0.15, -0.1) is 0 Å². The lowest BCUT2D eigenvalue weighted by Gasteiger charge is -2.21. The normalized spacial score (nSPS) is 16.5. The van der Waals surface area contributed by atoms with Gasteiger partial charge in [-0.3, -0.25) is 0 Å². The highest BCUT2D eigenvalue weighted by Gasteiger charge is 2.15. The van der Waals surface area contributed by atoms with Crippen LogP contribution in [0, 0.1) is 19.8 Å². The summed E-state index contributed by atoms with van der Waals surface area (Å²) in [5, 5.41) is 3.41. The Labute approximate surface area is 120 Å². The van der Waals surface area contributed by atoms with Crippen molar-refractivity contribution in [3.8, 4) is 11.3 Å². The Morgan fingerprint density at radius 1 is 1.15 bits per heavy atom.